The van der Waals surface area contributed by atoms with Gasteiger partial charge in [0.25, 0.3) is 0 Å². The molecule has 3 N–H and O–H groups in total. The van der Waals surface area contributed by atoms with E-state index in [-0.39, 0.29) is 29.9 Å². The number of rotatable bonds is 6. The quantitative estimate of drug-likeness (QED) is 0.377. The number of aromatic hydroxyl groups is 1. The summed E-state index contributed by atoms with van der Waals surface area (Å²) in [4.78, 5) is 38.7. The van der Waals surface area contributed by atoms with Gasteiger partial charge >= 0.3 is 5.97 Å². The molecule has 0 radical (unpaired) electrons. The Hall–Kier alpha value is -4.33. The Morgan fingerprint density at radius 1 is 0.972 bits per heavy atom. The number of para-hydroxylation sites is 1. The fourth-order valence-electron chi connectivity index (χ4n) is 5.33. The zero-order valence-corrected chi connectivity index (χ0v) is 19.8. The third-order valence-corrected chi connectivity index (χ3v) is 6.98. The predicted octanol–water partition coefficient (Wildman–Crippen LogP) is 4.32. The molecule has 0 saturated carbocycles. The van der Waals surface area contributed by atoms with Crippen LogP contribution in [-0.2, 0) is 20.9 Å². The first kappa shape index (κ1) is 23.4. The van der Waals surface area contributed by atoms with Gasteiger partial charge in [0.05, 0.1) is 11.9 Å². The first-order chi connectivity index (χ1) is 17.3. The Morgan fingerprint density at radius 2 is 1.69 bits per heavy atom. The number of carbonyl (C=O) groups excluding carboxylic acids is 2. The van der Waals surface area contributed by atoms with E-state index in [0.29, 0.717) is 25.2 Å². The number of carbonyl (C=O) groups is 3. The zero-order chi connectivity index (χ0) is 25.4. The molecule has 36 heavy (non-hydrogen) atoms. The molecular weight excluding hydrogens is 458 g/mol. The van der Waals surface area contributed by atoms with Gasteiger partial charge in [-0.2, -0.15) is 0 Å². The second-order valence-electron chi connectivity index (χ2n) is 9.18. The number of nitrogens with one attached hydrogen (secondary N) is 1. The molecule has 1 aliphatic rings. The highest BCUT2D eigenvalue weighted by Gasteiger charge is 2.41. The van der Waals surface area contributed by atoms with E-state index >= 15 is 0 Å². The Morgan fingerprint density at radius 3 is 2.42 bits per heavy atom. The van der Waals surface area contributed by atoms with Crippen LogP contribution in [0, 0.1) is 0 Å². The molecule has 1 aromatic heterocycles. The summed E-state index contributed by atoms with van der Waals surface area (Å²) in [5.74, 6) is -1.38. The first-order valence-corrected chi connectivity index (χ1v) is 11.9. The molecule has 8 heteroatoms. The SMILES string of the molecule is CC(=O)N1CCC(c2ccc(O)cc2)C1C(=O)Nc1ccc2c3ccccc3n(CCC(=O)O)c2c1. The number of phenols is 1. The number of phenolic OH excluding ortho intramolecular Hbond substituents is 1. The van der Waals surface area contributed by atoms with E-state index in [4.69, 9.17) is 0 Å². The Bertz CT molecular complexity index is 1470. The molecule has 0 spiro atoms. The molecule has 184 valence electrons. The monoisotopic (exact) mass is 485 g/mol. The van der Waals surface area contributed by atoms with Gasteiger partial charge in [0.2, 0.25) is 11.8 Å². The summed E-state index contributed by atoms with van der Waals surface area (Å²) < 4.78 is 1.96. The molecule has 1 saturated heterocycles. The van der Waals surface area contributed by atoms with Crippen molar-refractivity contribution in [2.24, 2.45) is 0 Å². The number of aryl methyl sites for hydroxylation is 1. The van der Waals surface area contributed by atoms with E-state index < -0.39 is 12.0 Å². The van der Waals surface area contributed by atoms with Crippen molar-refractivity contribution in [1.29, 1.82) is 0 Å². The van der Waals surface area contributed by atoms with Gasteiger partial charge in [-0.15, -0.1) is 0 Å². The summed E-state index contributed by atoms with van der Waals surface area (Å²) in [6.45, 7) is 2.24. The molecule has 2 unspecified atom stereocenters. The largest absolute Gasteiger partial charge is 0.508 e. The van der Waals surface area contributed by atoms with Gasteiger partial charge in [-0.25, -0.2) is 0 Å². The molecule has 4 aromatic rings. The van der Waals surface area contributed by atoms with Crippen LogP contribution >= 0.6 is 0 Å². The number of carboxylic acids is 1. The number of anilines is 1. The minimum absolute atomic E-state index is 0.0195. The van der Waals surface area contributed by atoms with Gasteiger partial charge in [0.15, 0.2) is 0 Å². The lowest BCUT2D eigenvalue weighted by molar-refractivity contribution is -0.137. The lowest BCUT2D eigenvalue weighted by Gasteiger charge is -2.27. The van der Waals surface area contributed by atoms with Crippen molar-refractivity contribution >= 4 is 45.3 Å². The number of fused-ring (bicyclic) bond motifs is 3. The molecular formula is C28H27N3O5. The number of carboxylic acid groups (broad SMARTS) is 1. The third kappa shape index (κ3) is 4.26. The topological polar surface area (TPSA) is 112 Å². The molecule has 0 aliphatic carbocycles. The molecule has 1 fully saturated rings. The molecule has 5 rings (SSSR count). The summed E-state index contributed by atoms with van der Waals surface area (Å²) in [6.07, 6.45) is 0.624. The maximum absolute atomic E-state index is 13.5. The van der Waals surface area contributed by atoms with Crippen LogP contribution in [0.25, 0.3) is 21.8 Å². The van der Waals surface area contributed by atoms with Crippen LogP contribution in [0.5, 0.6) is 5.75 Å². The molecule has 8 nitrogen and oxygen atoms in total. The van der Waals surface area contributed by atoms with Crippen LogP contribution in [-0.4, -0.2) is 50.1 Å². The van der Waals surface area contributed by atoms with E-state index in [1.807, 2.05) is 47.0 Å². The smallest absolute Gasteiger partial charge is 0.305 e. The Kier molecular flexibility index (Phi) is 6.10. The molecule has 0 bridgehead atoms. The van der Waals surface area contributed by atoms with Crippen molar-refractivity contribution in [2.75, 3.05) is 11.9 Å². The van der Waals surface area contributed by atoms with Gasteiger partial charge in [-0.05, 0) is 42.3 Å². The molecule has 2 atom stereocenters. The molecule has 2 amide bonds. The number of amides is 2. The lowest BCUT2D eigenvalue weighted by atomic mass is 9.91. The van der Waals surface area contributed by atoms with Crippen LogP contribution in [0.1, 0.15) is 31.2 Å². The van der Waals surface area contributed by atoms with Crippen LogP contribution in [0.2, 0.25) is 0 Å². The average Bonchev–Trinajstić information content (AvgIpc) is 3.43. The summed E-state index contributed by atoms with van der Waals surface area (Å²) >= 11 is 0. The van der Waals surface area contributed by atoms with E-state index in [0.717, 1.165) is 27.4 Å². The Balaban J connectivity index is 1.49. The first-order valence-electron chi connectivity index (χ1n) is 11.9. The van der Waals surface area contributed by atoms with E-state index in [1.165, 1.54) is 6.92 Å². The van der Waals surface area contributed by atoms with E-state index in [2.05, 4.69) is 5.32 Å². The molecule has 1 aliphatic heterocycles. The van der Waals surface area contributed by atoms with Crippen LogP contribution in [0.3, 0.4) is 0 Å². The summed E-state index contributed by atoms with van der Waals surface area (Å²) in [5, 5.41) is 23.9. The fraction of sp³-hybridized carbons (Fsp3) is 0.250. The third-order valence-electron chi connectivity index (χ3n) is 6.98. The minimum Gasteiger partial charge on any atom is -0.508 e. The Labute approximate surface area is 207 Å². The van der Waals surface area contributed by atoms with Gasteiger partial charge in [0.1, 0.15) is 11.8 Å². The fourth-order valence-corrected chi connectivity index (χ4v) is 5.33. The van der Waals surface area contributed by atoms with Gasteiger partial charge in [0, 0.05) is 47.9 Å². The lowest BCUT2D eigenvalue weighted by Crippen LogP contribution is -2.44. The maximum atomic E-state index is 13.5. The van der Waals surface area contributed by atoms with Crippen molar-refractivity contribution < 1.29 is 24.6 Å². The van der Waals surface area contributed by atoms with Gasteiger partial charge < -0.3 is 25.0 Å². The summed E-state index contributed by atoms with van der Waals surface area (Å²) in [7, 11) is 0. The normalized spacial score (nSPS) is 17.5. The number of nitrogens with zero attached hydrogens (tertiary/aromatic N) is 2. The highest BCUT2D eigenvalue weighted by atomic mass is 16.4. The highest BCUT2D eigenvalue weighted by Crippen LogP contribution is 2.36. The number of likely N-dealkylation sites (tertiary alicyclic amines) is 1. The number of benzene rings is 3. The van der Waals surface area contributed by atoms with Gasteiger partial charge in [-0.1, -0.05) is 36.4 Å². The van der Waals surface area contributed by atoms with Crippen molar-refractivity contribution in [3.05, 3.63) is 72.3 Å². The van der Waals surface area contributed by atoms with Crippen molar-refractivity contribution in [3.8, 4) is 5.75 Å². The number of hydrogen-bond acceptors (Lipinski definition) is 4. The van der Waals surface area contributed by atoms with Crippen LogP contribution in [0.4, 0.5) is 5.69 Å². The predicted molar refractivity (Wildman–Crippen MR) is 137 cm³/mol. The van der Waals surface area contributed by atoms with Gasteiger partial charge in [-0.3, -0.25) is 14.4 Å². The number of aromatic nitrogens is 1. The molecule has 3 aromatic carbocycles. The second-order valence-corrected chi connectivity index (χ2v) is 9.18. The van der Waals surface area contributed by atoms with Crippen molar-refractivity contribution in [1.82, 2.24) is 9.47 Å². The van der Waals surface area contributed by atoms with Crippen molar-refractivity contribution in [3.63, 3.8) is 0 Å². The van der Waals surface area contributed by atoms with Crippen LogP contribution < -0.4 is 5.32 Å². The summed E-state index contributed by atoms with van der Waals surface area (Å²) in [6, 6.07) is 19.5. The second kappa shape index (κ2) is 9.37. The average molecular weight is 486 g/mol. The highest BCUT2D eigenvalue weighted by molar-refractivity contribution is 6.09. The van der Waals surface area contributed by atoms with Crippen molar-refractivity contribution in [2.45, 2.75) is 38.3 Å². The maximum Gasteiger partial charge on any atom is 0.305 e. The zero-order valence-electron chi connectivity index (χ0n) is 19.8. The summed E-state index contributed by atoms with van der Waals surface area (Å²) in [5.41, 5.74) is 3.23. The standard InChI is InChI=1S/C28H27N3O5/c1-17(32)30-14-12-21(18-6-9-20(33)10-7-18)27(30)28(36)29-19-8-11-23-22-4-2-3-5-24(22)31(25(23)16-19)15-13-26(34)35/h2-11,16,21,27,33H,12-15H2,1H3,(H,29,36)(H,34,35). The minimum atomic E-state index is -0.879. The number of hydrogen-bond donors (Lipinski definition) is 3. The van der Waals surface area contributed by atoms with E-state index in [1.54, 1.807) is 29.2 Å². The molecule has 2 heterocycles. The van der Waals surface area contributed by atoms with Crippen LogP contribution in [0.15, 0.2) is 66.7 Å². The van der Waals surface area contributed by atoms with E-state index in [9.17, 15) is 24.6 Å². The number of aliphatic carboxylic acids is 1.